The Morgan fingerprint density at radius 1 is 1.16 bits per heavy atom. The molecule has 1 atom stereocenters. The van der Waals surface area contributed by atoms with Crippen molar-refractivity contribution in [2.75, 3.05) is 53.7 Å². The van der Waals surface area contributed by atoms with Gasteiger partial charge in [-0.1, -0.05) is 18.2 Å². The fourth-order valence-corrected chi connectivity index (χ4v) is 4.66. The molecule has 0 spiro atoms. The predicted octanol–water partition coefficient (Wildman–Crippen LogP) is 2.76. The Morgan fingerprint density at radius 2 is 1.97 bits per heavy atom. The van der Waals surface area contributed by atoms with Crippen molar-refractivity contribution in [2.45, 2.75) is 18.9 Å². The van der Waals surface area contributed by atoms with E-state index in [2.05, 4.69) is 11.4 Å². The van der Waals surface area contributed by atoms with Crippen LogP contribution in [-0.4, -0.2) is 75.3 Å². The molecule has 1 aromatic carbocycles. The van der Waals surface area contributed by atoms with Crippen LogP contribution in [0.4, 0.5) is 0 Å². The summed E-state index contributed by atoms with van der Waals surface area (Å²) in [4.78, 5) is 30.5. The quantitative estimate of drug-likeness (QED) is 0.497. The number of rotatable bonds is 11. The second kappa shape index (κ2) is 11.8. The van der Waals surface area contributed by atoms with E-state index in [9.17, 15) is 9.59 Å². The molecule has 7 nitrogen and oxygen atoms in total. The van der Waals surface area contributed by atoms with Crippen molar-refractivity contribution in [1.82, 2.24) is 9.80 Å². The minimum absolute atomic E-state index is 0.0210. The first-order valence-corrected chi connectivity index (χ1v) is 11.3. The highest BCUT2D eigenvalue weighted by atomic mass is 32.1. The van der Waals surface area contributed by atoms with Gasteiger partial charge in [0.25, 0.3) is 0 Å². The molecule has 1 aliphatic rings. The Labute approximate surface area is 187 Å². The lowest BCUT2D eigenvalue weighted by Crippen LogP contribution is -2.48. The predicted molar refractivity (Wildman–Crippen MR) is 119 cm³/mol. The summed E-state index contributed by atoms with van der Waals surface area (Å²) in [5, 5.41) is 2.06. The number of ether oxygens (including phenoxy) is 3. The topological polar surface area (TPSA) is 68.3 Å². The van der Waals surface area contributed by atoms with Crippen molar-refractivity contribution in [2.24, 2.45) is 0 Å². The van der Waals surface area contributed by atoms with Crippen molar-refractivity contribution < 1.29 is 23.8 Å². The Kier molecular flexibility index (Phi) is 8.87. The standard InChI is InChI=1S/C23H30N2O5S/c1-28-13-6-11-24(23(27)17-29-2)15-22(26)25-12-9-21-19(10-14-31-21)20(25)16-30-18-7-4-3-5-8-18/h3-5,7-8,10,14,20H,6,9,11-13,15-17H2,1-2H3/t20-/m1/s1. The molecule has 1 aliphatic heterocycles. The number of hydrogen-bond acceptors (Lipinski definition) is 6. The van der Waals surface area contributed by atoms with Gasteiger partial charge in [0.15, 0.2) is 0 Å². The molecule has 0 fully saturated rings. The number of amides is 2. The molecule has 2 heterocycles. The van der Waals surface area contributed by atoms with Crippen molar-refractivity contribution in [3.63, 3.8) is 0 Å². The smallest absolute Gasteiger partial charge is 0.249 e. The molecule has 2 amide bonds. The molecule has 31 heavy (non-hydrogen) atoms. The summed E-state index contributed by atoms with van der Waals surface area (Å²) in [6, 6.07) is 11.5. The van der Waals surface area contributed by atoms with Crippen LogP contribution >= 0.6 is 11.3 Å². The highest BCUT2D eigenvalue weighted by molar-refractivity contribution is 7.10. The van der Waals surface area contributed by atoms with Gasteiger partial charge in [-0.2, -0.15) is 0 Å². The number of para-hydroxylation sites is 1. The van der Waals surface area contributed by atoms with Gasteiger partial charge in [-0.05, 0) is 42.0 Å². The number of fused-ring (bicyclic) bond motifs is 1. The summed E-state index contributed by atoms with van der Waals surface area (Å²) in [7, 11) is 3.10. The third-order valence-corrected chi connectivity index (χ3v) is 6.29. The highest BCUT2D eigenvalue weighted by Gasteiger charge is 2.33. The van der Waals surface area contributed by atoms with Gasteiger partial charge in [0.2, 0.25) is 11.8 Å². The summed E-state index contributed by atoms with van der Waals surface area (Å²) < 4.78 is 16.1. The van der Waals surface area contributed by atoms with Crippen LogP contribution in [-0.2, 0) is 25.5 Å². The molecule has 0 saturated heterocycles. The fourth-order valence-electron chi connectivity index (χ4n) is 3.73. The Morgan fingerprint density at radius 3 is 2.71 bits per heavy atom. The van der Waals surface area contributed by atoms with Crippen molar-refractivity contribution in [3.05, 3.63) is 52.2 Å². The first kappa shape index (κ1) is 23.2. The number of carbonyl (C=O) groups is 2. The second-order valence-corrected chi connectivity index (χ2v) is 8.37. The fraction of sp³-hybridized carbons (Fsp3) is 0.478. The monoisotopic (exact) mass is 446 g/mol. The van der Waals surface area contributed by atoms with E-state index in [0.29, 0.717) is 32.7 Å². The van der Waals surface area contributed by atoms with Crippen LogP contribution in [0.15, 0.2) is 41.8 Å². The Balaban J connectivity index is 1.72. The lowest BCUT2D eigenvalue weighted by atomic mass is 10.0. The van der Waals surface area contributed by atoms with Gasteiger partial charge in [0, 0.05) is 38.8 Å². The van der Waals surface area contributed by atoms with Crippen LogP contribution < -0.4 is 4.74 Å². The van der Waals surface area contributed by atoms with Crippen LogP contribution in [0.1, 0.15) is 22.9 Å². The van der Waals surface area contributed by atoms with E-state index in [1.807, 2.05) is 35.2 Å². The Bertz CT molecular complexity index is 842. The molecule has 0 unspecified atom stereocenters. The molecule has 0 N–H and O–H groups in total. The maximum absolute atomic E-state index is 13.3. The highest BCUT2D eigenvalue weighted by Crippen LogP contribution is 2.34. The van der Waals surface area contributed by atoms with E-state index in [1.54, 1.807) is 23.3 Å². The molecule has 0 saturated carbocycles. The molecular weight excluding hydrogens is 416 g/mol. The SMILES string of the molecule is COCCCN(CC(=O)N1CCc2sccc2[C@H]1COc1ccccc1)C(=O)COC. The van der Waals surface area contributed by atoms with Gasteiger partial charge >= 0.3 is 0 Å². The van der Waals surface area contributed by atoms with Gasteiger partial charge in [-0.25, -0.2) is 0 Å². The summed E-state index contributed by atoms with van der Waals surface area (Å²) in [5.41, 5.74) is 1.13. The first-order valence-electron chi connectivity index (χ1n) is 10.4. The zero-order valence-electron chi connectivity index (χ0n) is 18.1. The van der Waals surface area contributed by atoms with E-state index in [-0.39, 0.29) is 31.0 Å². The van der Waals surface area contributed by atoms with E-state index in [1.165, 1.54) is 12.0 Å². The lowest BCUT2D eigenvalue weighted by molar-refractivity contribution is -0.144. The van der Waals surface area contributed by atoms with Crippen LogP contribution in [0.25, 0.3) is 0 Å². The van der Waals surface area contributed by atoms with Gasteiger partial charge in [-0.3, -0.25) is 9.59 Å². The number of carbonyl (C=O) groups excluding carboxylic acids is 2. The van der Waals surface area contributed by atoms with E-state index >= 15 is 0 Å². The number of nitrogens with zero attached hydrogens (tertiary/aromatic N) is 2. The van der Waals surface area contributed by atoms with Crippen molar-refractivity contribution >= 4 is 23.2 Å². The van der Waals surface area contributed by atoms with Gasteiger partial charge in [-0.15, -0.1) is 11.3 Å². The van der Waals surface area contributed by atoms with E-state index in [4.69, 9.17) is 14.2 Å². The van der Waals surface area contributed by atoms with Gasteiger partial charge in [0.05, 0.1) is 12.6 Å². The van der Waals surface area contributed by atoms with Crippen LogP contribution in [0.2, 0.25) is 0 Å². The van der Waals surface area contributed by atoms with Gasteiger partial charge < -0.3 is 24.0 Å². The van der Waals surface area contributed by atoms with Crippen molar-refractivity contribution in [1.29, 1.82) is 0 Å². The molecule has 1 aromatic heterocycles. The zero-order chi connectivity index (χ0) is 22.1. The number of hydrogen-bond donors (Lipinski definition) is 0. The number of methoxy groups -OCH3 is 2. The summed E-state index contributed by atoms with van der Waals surface area (Å²) in [6.45, 7) is 1.93. The minimum atomic E-state index is -0.197. The van der Waals surface area contributed by atoms with Crippen molar-refractivity contribution in [3.8, 4) is 5.75 Å². The molecule has 0 bridgehead atoms. The molecular formula is C23H30N2O5S. The summed E-state index contributed by atoms with van der Waals surface area (Å²) in [5.74, 6) is 0.492. The maximum atomic E-state index is 13.3. The molecule has 168 valence electrons. The van der Waals surface area contributed by atoms with E-state index < -0.39 is 0 Å². The second-order valence-electron chi connectivity index (χ2n) is 7.37. The van der Waals surface area contributed by atoms with Crippen LogP contribution in [0.5, 0.6) is 5.75 Å². The zero-order valence-corrected chi connectivity index (χ0v) is 18.9. The lowest BCUT2D eigenvalue weighted by Gasteiger charge is -2.37. The molecule has 8 heteroatoms. The molecule has 2 aromatic rings. The first-order chi connectivity index (χ1) is 15.1. The molecule has 0 radical (unpaired) electrons. The summed E-state index contributed by atoms with van der Waals surface area (Å²) in [6.07, 6.45) is 1.48. The number of thiophene rings is 1. The average molecular weight is 447 g/mol. The largest absolute Gasteiger partial charge is 0.491 e. The average Bonchev–Trinajstić information content (AvgIpc) is 3.26. The maximum Gasteiger partial charge on any atom is 0.249 e. The normalized spacial score (nSPS) is 15.4. The molecule has 3 rings (SSSR count). The third-order valence-electron chi connectivity index (χ3n) is 5.29. The third kappa shape index (κ3) is 6.29. The van der Waals surface area contributed by atoms with E-state index in [0.717, 1.165) is 17.7 Å². The van der Waals surface area contributed by atoms with Crippen LogP contribution in [0, 0.1) is 0 Å². The molecule has 0 aliphatic carbocycles. The Hall–Kier alpha value is -2.42. The minimum Gasteiger partial charge on any atom is -0.491 e. The van der Waals surface area contributed by atoms with Crippen LogP contribution in [0.3, 0.4) is 0 Å². The summed E-state index contributed by atoms with van der Waals surface area (Å²) >= 11 is 1.72. The van der Waals surface area contributed by atoms with Gasteiger partial charge in [0.1, 0.15) is 19.0 Å². The number of benzene rings is 1.